The van der Waals surface area contributed by atoms with Crippen LogP contribution in [0.4, 0.5) is 0 Å². The van der Waals surface area contributed by atoms with E-state index in [1.807, 2.05) is 0 Å². The van der Waals surface area contributed by atoms with Gasteiger partial charge in [-0.25, -0.2) is 9.59 Å². The lowest BCUT2D eigenvalue weighted by Gasteiger charge is -2.25. The number of ether oxygens (including phenoxy) is 3. The Kier molecular flexibility index (Phi) is 5.82. The van der Waals surface area contributed by atoms with Gasteiger partial charge in [0.05, 0.1) is 24.7 Å². The lowest BCUT2D eigenvalue weighted by atomic mass is 9.85. The average molecular weight is 402 g/mol. The molecule has 0 saturated carbocycles. The van der Waals surface area contributed by atoms with Gasteiger partial charge in [0.1, 0.15) is 29.3 Å². The van der Waals surface area contributed by atoms with Crippen LogP contribution in [0.2, 0.25) is 0 Å². The van der Waals surface area contributed by atoms with Crippen molar-refractivity contribution >= 4 is 11.9 Å². The number of fused-ring (bicyclic) bond motifs is 4. The van der Waals surface area contributed by atoms with Crippen LogP contribution < -0.4 is 0 Å². The highest BCUT2D eigenvalue weighted by Gasteiger charge is 2.47. The van der Waals surface area contributed by atoms with Crippen molar-refractivity contribution in [3.8, 4) is 0 Å². The predicted octanol–water partition coefficient (Wildman–Crippen LogP) is 2.70. The predicted molar refractivity (Wildman–Crippen MR) is 104 cm³/mol. The number of aliphatic hydroxyl groups is 1. The van der Waals surface area contributed by atoms with E-state index in [4.69, 9.17) is 18.6 Å². The van der Waals surface area contributed by atoms with E-state index in [1.165, 1.54) is 20.3 Å². The van der Waals surface area contributed by atoms with Gasteiger partial charge >= 0.3 is 11.9 Å². The number of furan rings is 1. The first kappa shape index (κ1) is 21.1. The molecule has 156 valence electrons. The van der Waals surface area contributed by atoms with Crippen LogP contribution in [0, 0.1) is 5.92 Å². The Morgan fingerprint density at radius 1 is 1.24 bits per heavy atom. The maximum atomic E-state index is 12.6. The highest BCUT2D eigenvalue weighted by atomic mass is 16.6. The number of hydrogen-bond acceptors (Lipinski definition) is 7. The molecule has 1 N–H and O–H groups in total. The van der Waals surface area contributed by atoms with Crippen LogP contribution in [0.3, 0.4) is 0 Å². The summed E-state index contributed by atoms with van der Waals surface area (Å²) in [5.41, 5.74) is 1.87. The largest absolute Gasteiger partial charge is 0.465 e. The Morgan fingerprint density at radius 2 is 1.93 bits per heavy atom. The molecule has 1 fully saturated rings. The Bertz CT molecular complexity index is 891. The van der Waals surface area contributed by atoms with Gasteiger partial charge in [-0.05, 0) is 26.0 Å². The van der Waals surface area contributed by atoms with Crippen molar-refractivity contribution in [3.05, 3.63) is 59.1 Å². The first-order chi connectivity index (χ1) is 13.7. The summed E-state index contributed by atoms with van der Waals surface area (Å²) in [6.07, 6.45) is -0.846. The molecule has 7 nitrogen and oxygen atoms in total. The van der Waals surface area contributed by atoms with Gasteiger partial charge in [-0.15, -0.1) is 0 Å². The molecule has 5 unspecified atom stereocenters. The first-order valence-corrected chi connectivity index (χ1v) is 9.34. The van der Waals surface area contributed by atoms with Crippen LogP contribution in [0.1, 0.15) is 41.6 Å². The third-order valence-electron chi connectivity index (χ3n) is 5.54. The molecule has 0 radical (unpaired) electrons. The SMILES string of the molecule is C=C(C)C1Cc2oc(cc2C(=O)OC)C(C(=C)C)C2OC(=O)C(=CC1O)C2OC. The van der Waals surface area contributed by atoms with Gasteiger partial charge in [0.25, 0.3) is 0 Å². The molecule has 1 aromatic rings. The summed E-state index contributed by atoms with van der Waals surface area (Å²) < 4.78 is 22.1. The molecule has 29 heavy (non-hydrogen) atoms. The minimum atomic E-state index is -1.05. The number of esters is 2. The van der Waals surface area contributed by atoms with Gasteiger partial charge in [0.15, 0.2) is 0 Å². The molecule has 0 spiro atoms. The molecule has 1 saturated heterocycles. The lowest BCUT2D eigenvalue weighted by Crippen LogP contribution is -2.32. The van der Waals surface area contributed by atoms with E-state index in [0.717, 1.165) is 0 Å². The highest BCUT2D eigenvalue weighted by Crippen LogP contribution is 2.41. The molecule has 5 atom stereocenters. The van der Waals surface area contributed by atoms with Crippen molar-refractivity contribution in [3.63, 3.8) is 0 Å². The third kappa shape index (κ3) is 3.68. The molecule has 1 aromatic heterocycles. The van der Waals surface area contributed by atoms with E-state index in [1.54, 1.807) is 19.9 Å². The van der Waals surface area contributed by atoms with Crippen LogP contribution >= 0.6 is 0 Å². The summed E-state index contributed by atoms with van der Waals surface area (Å²) in [4.78, 5) is 24.9. The van der Waals surface area contributed by atoms with E-state index in [-0.39, 0.29) is 17.6 Å². The molecule has 7 heteroatoms. The van der Waals surface area contributed by atoms with Crippen molar-refractivity contribution in [1.29, 1.82) is 0 Å². The molecule has 0 aromatic carbocycles. The minimum absolute atomic E-state index is 0.213. The number of hydrogen-bond donors (Lipinski definition) is 1. The topological polar surface area (TPSA) is 95.2 Å². The van der Waals surface area contributed by atoms with E-state index >= 15 is 0 Å². The molecular formula is C22H26O7. The van der Waals surface area contributed by atoms with Crippen molar-refractivity contribution in [2.45, 2.75) is 44.5 Å². The molecule has 4 bridgehead atoms. The molecule has 0 aliphatic carbocycles. The van der Waals surface area contributed by atoms with Crippen molar-refractivity contribution < 1.29 is 33.3 Å². The third-order valence-corrected chi connectivity index (χ3v) is 5.54. The Morgan fingerprint density at radius 3 is 2.48 bits per heavy atom. The second-order valence-corrected chi connectivity index (χ2v) is 7.60. The van der Waals surface area contributed by atoms with Gasteiger partial charge in [-0.3, -0.25) is 0 Å². The van der Waals surface area contributed by atoms with Gasteiger partial charge in [0.2, 0.25) is 0 Å². The van der Waals surface area contributed by atoms with Crippen LogP contribution in [0.15, 0.2) is 46.4 Å². The molecule has 2 aliphatic heterocycles. The Hall–Kier alpha value is -2.64. The summed E-state index contributed by atoms with van der Waals surface area (Å²) in [6.45, 7) is 11.5. The number of methoxy groups -OCH3 is 2. The number of carbonyl (C=O) groups excluding carboxylic acids is 2. The van der Waals surface area contributed by atoms with Crippen LogP contribution in [-0.4, -0.2) is 49.6 Å². The summed E-state index contributed by atoms with van der Waals surface area (Å²) in [7, 11) is 2.76. The fourth-order valence-electron chi connectivity index (χ4n) is 4.02. The maximum Gasteiger partial charge on any atom is 0.341 e. The average Bonchev–Trinajstić information content (AvgIpc) is 3.19. The fourth-order valence-corrected chi connectivity index (χ4v) is 4.02. The zero-order valence-electron chi connectivity index (χ0n) is 17.1. The number of carbonyl (C=O) groups is 2. The molecule has 3 rings (SSSR count). The summed E-state index contributed by atoms with van der Waals surface area (Å²) in [6, 6.07) is 1.59. The molecule has 2 aliphatic rings. The lowest BCUT2D eigenvalue weighted by molar-refractivity contribution is -0.140. The Labute approximate surface area is 169 Å². The van der Waals surface area contributed by atoms with E-state index in [9.17, 15) is 14.7 Å². The van der Waals surface area contributed by atoms with Crippen LogP contribution in [0.5, 0.6) is 0 Å². The minimum Gasteiger partial charge on any atom is -0.465 e. The van der Waals surface area contributed by atoms with Gasteiger partial charge in [0, 0.05) is 19.4 Å². The van der Waals surface area contributed by atoms with Crippen molar-refractivity contribution in [2.24, 2.45) is 5.92 Å². The molecule has 0 amide bonds. The van der Waals surface area contributed by atoms with Crippen LogP contribution in [-0.2, 0) is 25.4 Å². The van der Waals surface area contributed by atoms with Crippen molar-refractivity contribution in [2.75, 3.05) is 14.2 Å². The molecule has 3 heterocycles. The summed E-state index contributed by atoms with van der Waals surface area (Å²) in [5, 5.41) is 10.9. The second kappa shape index (κ2) is 8.00. The van der Waals surface area contributed by atoms with E-state index in [2.05, 4.69) is 13.2 Å². The quantitative estimate of drug-likeness (QED) is 0.611. The monoisotopic (exact) mass is 402 g/mol. The maximum absolute atomic E-state index is 12.6. The Balaban J connectivity index is 2.26. The number of rotatable bonds is 4. The van der Waals surface area contributed by atoms with Crippen LogP contribution in [0.25, 0.3) is 0 Å². The summed E-state index contributed by atoms with van der Waals surface area (Å²) >= 11 is 0. The van der Waals surface area contributed by atoms with Gasteiger partial charge < -0.3 is 23.7 Å². The van der Waals surface area contributed by atoms with E-state index in [0.29, 0.717) is 22.7 Å². The fraction of sp³-hybridized carbons (Fsp3) is 0.455. The molecular weight excluding hydrogens is 376 g/mol. The van der Waals surface area contributed by atoms with Crippen molar-refractivity contribution in [1.82, 2.24) is 0 Å². The van der Waals surface area contributed by atoms with Gasteiger partial charge in [-0.1, -0.05) is 24.3 Å². The highest BCUT2D eigenvalue weighted by molar-refractivity contribution is 5.93. The summed E-state index contributed by atoms with van der Waals surface area (Å²) in [5.74, 6) is -1.34. The normalized spacial score (nSPS) is 28.8. The second-order valence-electron chi connectivity index (χ2n) is 7.60. The van der Waals surface area contributed by atoms with E-state index < -0.39 is 42.1 Å². The number of aliphatic hydroxyl groups excluding tert-OH is 1. The zero-order valence-corrected chi connectivity index (χ0v) is 17.1. The standard InChI is InChI=1S/C22H26O7/c1-10(2)12-8-16-13(21(24)27-6)9-17(28-16)18(11(3)4)20-19(26-5)14(7-15(12)23)22(25)29-20/h7,9,12,15,18-20,23H,1,3,8H2,2,4-6H3. The first-order valence-electron chi connectivity index (χ1n) is 9.34. The smallest absolute Gasteiger partial charge is 0.341 e. The zero-order chi connectivity index (χ0) is 21.5. The van der Waals surface area contributed by atoms with Gasteiger partial charge in [-0.2, -0.15) is 0 Å².